The van der Waals surface area contributed by atoms with E-state index in [1.165, 1.54) is 95.8 Å². The van der Waals surface area contributed by atoms with Gasteiger partial charge in [-0.15, -0.1) is 0 Å². The van der Waals surface area contributed by atoms with Crippen molar-refractivity contribution in [3.05, 3.63) is 240 Å². The fourth-order valence-corrected chi connectivity index (χ4v) is 11.3. The molecular formula is C68H64N2O. The van der Waals surface area contributed by atoms with Crippen LogP contribution in [0.5, 0.6) is 0 Å². The molecule has 0 bridgehead atoms. The lowest BCUT2D eigenvalue weighted by Gasteiger charge is -2.28. The molecule has 71 heavy (non-hydrogen) atoms. The lowest BCUT2D eigenvalue weighted by Crippen LogP contribution is -2.16. The smallest absolute Gasteiger partial charge is 0.0721 e. The molecule has 1 aliphatic carbocycles. The maximum absolute atomic E-state index is 6.28. The Labute approximate surface area is 421 Å². The SMILES string of the molecule is CCC(C)C(CC(C)C)c1ccc(COCc2ccc(-n3c4ccccc4c4cc(-c5ccc(N(c6ccc(-c7ccccc7)cc6)c6ccc7c(c6)C(C)(C)c6ccccc6-7)cc5)ccc43)cc2)cc1. The molecule has 0 amide bonds. The van der Waals surface area contributed by atoms with E-state index in [2.05, 4.69) is 263 Å². The van der Waals surface area contributed by atoms with Gasteiger partial charge in [0.2, 0.25) is 0 Å². The highest BCUT2D eigenvalue weighted by atomic mass is 16.5. The molecule has 1 heterocycles. The van der Waals surface area contributed by atoms with Crippen LogP contribution in [0.3, 0.4) is 0 Å². The van der Waals surface area contributed by atoms with Gasteiger partial charge in [-0.1, -0.05) is 194 Å². The summed E-state index contributed by atoms with van der Waals surface area (Å²) in [5, 5.41) is 2.48. The summed E-state index contributed by atoms with van der Waals surface area (Å²) in [6.07, 6.45) is 2.43. The third kappa shape index (κ3) is 8.89. The fourth-order valence-electron chi connectivity index (χ4n) is 11.3. The Morgan fingerprint density at radius 2 is 1.03 bits per heavy atom. The van der Waals surface area contributed by atoms with Crippen LogP contribution in [-0.2, 0) is 23.4 Å². The number of fused-ring (bicyclic) bond motifs is 6. The second-order valence-corrected chi connectivity index (χ2v) is 20.8. The van der Waals surface area contributed by atoms with Crippen molar-refractivity contribution in [3.63, 3.8) is 0 Å². The highest BCUT2D eigenvalue weighted by Gasteiger charge is 2.35. The molecule has 2 unspecified atom stereocenters. The van der Waals surface area contributed by atoms with Crippen LogP contribution in [0.4, 0.5) is 17.1 Å². The maximum Gasteiger partial charge on any atom is 0.0721 e. The van der Waals surface area contributed by atoms with Crippen LogP contribution >= 0.6 is 0 Å². The van der Waals surface area contributed by atoms with Crippen molar-refractivity contribution in [2.75, 3.05) is 4.90 Å². The standard InChI is InChI=1S/C68H64N2O/c1-7-47(4)62(41-46(2)3)53-25-21-48(22-26-53)44-71-45-49-23-32-57(33-24-49)70-66-20-14-12-18-61(66)63-42-54(31-40-67(63)70)52-29-36-56(37-30-52)69(55-34-27-51(28-35-55)50-15-9-8-10-16-50)58-38-39-60-59-17-11-13-19-64(59)68(5,6)65(60)43-58/h8-40,42-43,46-47,62H,7,41,44-45H2,1-6H3. The third-order valence-corrected chi connectivity index (χ3v) is 15.4. The largest absolute Gasteiger partial charge is 0.372 e. The molecule has 0 saturated heterocycles. The molecule has 2 atom stereocenters. The summed E-state index contributed by atoms with van der Waals surface area (Å²) in [6, 6.07) is 78.4. The van der Waals surface area contributed by atoms with Crippen molar-refractivity contribution < 1.29 is 4.74 Å². The first-order valence-corrected chi connectivity index (χ1v) is 25.7. The van der Waals surface area contributed by atoms with Gasteiger partial charge in [0.25, 0.3) is 0 Å². The lowest BCUT2D eigenvalue weighted by molar-refractivity contribution is 0.107. The Kier molecular flexibility index (Phi) is 12.5. The van der Waals surface area contributed by atoms with Gasteiger partial charge in [0.15, 0.2) is 0 Å². The minimum Gasteiger partial charge on any atom is -0.372 e. The molecule has 1 aliphatic rings. The molecule has 11 rings (SSSR count). The average Bonchev–Trinajstić information content (AvgIpc) is 3.86. The number of hydrogen-bond donors (Lipinski definition) is 0. The van der Waals surface area contributed by atoms with E-state index < -0.39 is 0 Å². The summed E-state index contributed by atoms with van der Waals surface area (Å²) in [7, 11) is 0. The monoisotopic (exact) mass is 925 g/mol. The van der Waals surface area contributed by atoms with Crippen LogP contribution in [0, 0.1) is 11.8 Å². The second-order valence-electron chi connectivity index (χ2n) is 20.8. The minimum absolute atomic E-state index is 0.104. The van der Waals surface area contributed by atoms with Gasteiger partial charge in [-0.3, -0.25) is 0 Å². The van der Waals surface area contributed by atoms with Gasteiger partial charge in [-0.25, -0.2) is 0 Å². The molecule has 9 aromatic carbocycles. The first kappa shape index (κ1) is 46.0. The number of anilines is 3. The quantitative estimate of drug-likeness (QED) is 0.102. The van der Waals surface area contributed by atoms with Crippen molar-refractivity contribution >= 4 is 38.9 Å². The van der Waals surface area contributed by atoms with Gasteiger partial charge in [0.05, 0.1) is 24.2 Å². The van der Waals surface area contributed by atoms with E-state index in [-0.39, 0.29) is 5.41 Å². The number of nitrogens with zero attached hydrogens (tertiary/aromatic N) is 2. The molecule has 3 nitrogen and oxygen atoms in total. The predicted octanol–water partition coefficient (Wildman–Crippen LogP) is 18.8. The normalized spacial score (nSPS) is 13.6. The zero-order valence-electron chi connectivity index (χ0n) is 42.1. The van der Waals surface area contributed by atoms with Crippen LogP contribution in [0.1, 0.15) is 88.1 Å². The molecule has 352 valence electrons. The van der Waals surface area contributed by atoms with Crippen LogP contribution in [0.15, 0.2) is 212 Å². The van der Waals surface area contributed by atoms with Gasteiger partial charge in [0.1, 0.15) is 0 Å². The Bertz CT molecular complexity index is 3450. The van der Waals surface area contributed by atoms with Crippen LogP contribution < -0.4 is 4.90 Å². The Morgan fingerprint density at radius 3 is 1.70 bits per heavy atom. The number of hydrogen-bond acceptors (Lipinski definition) is 2. The molecule has 0 fully saturated rings. The zero-order valence-corrected chi connectivity index (χ0v) is 42.1. The highest BCUT2D eigenvalue weighted by Crippen LogP contribution is 2.51. The van der Waals surface area contributed by atoms with Gasteiger partial charge in [-0.05, 0) is 152 Å². The number of aromatic nitrogens is 1. The number of para-hydroxylation sites is 1. The van der Waals surface area contributed by atoms with E-state index in [0.29, 0.717) is 31.0 Å². The topological polar surface area (TPSA) is 17.4 Å². The summed E-state index contributed by atoms with van der Waals surface area (Å²) in [6.45, 7) is 15.2. The first-order valence-electron chi connectivity index (χ1n) is 25.7. The van der Waals surface area contributed by atoms with Crippen molar-refractivity contribution in [3.8, 4) is 39.1 Å². The molecular weight excluding hydrogens is 861 g/mol. The van der Waals surface area contributed by atoms with Crippen LogP contribution in [-0.4, -0.2) is 4.57 Å². The summed E-state index contributed by atoms with van der Waals surface area (Å²) >= 11 is 0. The molecule has 3 heteroatoms. The third-order valence-electron chi connectivity index (χ3n) is 15.4. The van der Waals surface area contributed by atoms with E-state index in [9.17, 15) is 0 Å². The fraction of sp³-hybridized carbons (Fsp3) is 0.206. The molecule has 0 N–H and O–H groups in total. The number of ether oxygens (including phenoxy) is 1. The van der Waals surface area contributed by atoms with Gasteiger partial charge in [-0.2, -0.15) is 0 Å². The highest BCUT2D eigenvalue weighted by molar-refractivity contribution is 6.10. The van der Waals surface area contributed by atoms with Crippen LogP contribution in [0.2, 0.25) is 0 Å². The van der Waals surface area contributed by atoms with Crippen molar-refractivity contribution in [2.45, 2.75) is 78.9 Å². The van der Waals surface area contributed by atoms with E-state index >= 15 is 0 Å². The summed E-state index contributed by atoms with van der Waals surface area (Å²) in [4.78, 5) is 2.40. The first-order chi connectivity index (χ1) is 34.6. The Balaban J connectivity index is 0.854. The summed E-state index contributed by atoms with van der Waals surface area (Å²) in [5.74, 6) is 1.96. The van der Waals surface area contributed by atoms with Gasteiger partial charge >= 0.3 is 0 Å². The molecule has 1 aromatic heterocycles. The van der Waals surface area contributed by atoms with Crippen LogP contribution in [0.25, 0.3) is 60.9 Å². The Morgan fingerprint density at radius 1 is 0.479 bits per heavy atom. The minimum atomic E-state index is -0.104. The number of benzene rings is 9. The number of rotatable bonds is 15. The molecule has 0 aliphatic heterocycles. The second kappa shape index (κ2) is 19.4. The van der Waals surface area contributed by atoms with E-state index in [1.807, 2.05) is 0 Å². The van der Waals surface area contributed by atoms with Crippen molar-refractivity contribution in [1.29, 1.82) is 0 Å². The maximum atomic E-state index is 6.28. The molecule has 0 spiro atoms. The predicted molar refractivity (Wildman–Crippen MR) is 300 cm³/mol. The zero-order chi connectivity index (χ0) is 48.6. The van der Waals surface area contributed by atoms with Gasteiger partial charge in [0, 0.05) is 38.9 Å². The Hall–Kier alpha value is -7.46. The summed E-state index contributed by atoms with van der Waals surface area (Å²) < 4.78 is 8.67. The molecule has 0 radical (unpaired) electrons. The van der Waals surface area contributed by atoms with Gasteiger partial charge < -0.3 is 14.2 Å². The van der Waals surface area contributed by atoms with Crippen molar-refractivity contribution in [1.82, 2.24) is 4.57 Å². The van der Waals surface area contributed by atoms with E-state index in [4.69, 9.17) is 4.74 Å². The average molecular weight is 925 g/mol. The molecule has 0 saturated carbocycles. The van der Waals surface area contributed by atoms with E-state index in [0.717, 1.165) is 22.7 Å². The van der Waals surface area contributed by atoms with E-state index in [1.54, 1.807) is 0 Å². The molecule has 10 aromatic rings. The summed E-state index contributed by atoms with van der Waals surface area (Å²) in [5.41, 5.74) is 20.8. The van der Waals surface area contributed by atoms with Crippen molar-refractivity contribution in [2.24, 2.45) is 11.8 Å². The lowest BCUT2D eigenvalue weighted by atomic mass is 9.80.